The first-order valence-electron chi connectivity index (χ1n) is 9.19. The Morgan fingerprint density at radius 3 is 2.50 bits per heavy atom. The molecule has 7 nitrogen and oxygen atoms in total. The molecule has 0 radical (unpaired) electrons. The van der Waals surface area contributed by atoms with Crippen molar-refractivity contribution in [3.63, 3.8) is 0 Å². The van der Waals surface area contributed by atoms with Gasteiger partial charge in [0.15, 0.2) is 0 Å². The van der Waals surface area contributed by atoms with Crippen molar-refractivity contribution >= 4 is 11.6 Å². The molecule has 2 aromatic carbocycles. The van der Waals surface area contributed by atoms with Crippen LogP contribution in [-0.4, -0.2) is 36.3 Å². The Balaban J connectivity index is 1.48. The number of anilines is 1. The van der Waals surface area contributed by atoms with Crippen LogP contribution in [0.15, 0.2) is 53.1 Å². The Labute approximate surface area is 162 Å². The Bertz CT molecular complexity index is 951. The first-order valence-corrected chi connectivity index (χ1v) is 9.19. The largest absolute Gasteiger partial charge is 0.497 e. The normalized spacial score (nSPS) is 16.4. The Morgan fingerprint density at radius 1 is 1.11 bits per heavy atom. The highest BCUT2D eigenvalue weighted by molar-refractivity contribution is 5.96. The highest BCUT2D eigenvalue weighted by atomic mass is 16.5. The third-order valence-electron chi connectivity index (χ3n) is 4.72. The number of rotatable bonds is 6. The van der Waals surface area contributed by atoms with E-state index in [0.717, 1.165) is 22.7 Å². The third-order valence-corrected chi connectivity index (χ3v) is 4.72. The lowest BCUT2D eigenvalue weighted by molar-refractivity contribution is -0.117. The molecular formula is C21H21N3O4. The van der Waals surface area contributed by atoms with E-state index in [1.54, 1.807) is 12.0 Å². The number of methoxy groups -OCH3 is 1. The molecule has 2 heterocycles. The van der Waals surface area contributed by atoms with Gasteiger partial charge in [-0.05, 0) is 55.5 Å². The van der Waals surface area contributed by atoms with E-state index in [0.29, 0.717) is 31.3 Å². The fourth-order valence-electron chi connectivity index (χ4n) is 3.27. The minimum Gasteiger partial charge on any atom is -0.497 e. The SMILES string of the molecule is CCOc1ccc(-c2noc(C3CC(=O)N(c4ccc(OC)cc4)C3)n2)cc1. The summed E-state index contributed by atoms with van der Waals surface area (Å²) in [7, 11) is 1.61. The fourth-order valence-corrected chi connectivity index (χ4v) is 3.27. The summed E-state index contributed by atoms with van der Waals surface area (Å²) in [6.07, 6.45) is 0.344. The summed E-state index contributed by atoms with van der Waals surface area (Å²) in [5.74, 6) is 2.45. The van der Waals surface area contributed by atoms with Crippen LogP contribution in [0.2, 0.25) is 0 Å². The lowest BCUT2D eigenvalue weighted by atomic mass is 10.1. The Hall–Kier alpha value is -3.35. The zero-order valence-electron chi connectivity index (χ0n) is 15.8. The smallest absolute Gasteiger partial charge is 0.232 e. The van der Waals surface area contributed by atoms with Crippen molar-refractivity contribution < 1.29 is 18.8 Å². The standard InChI is InChI=1S/C21H21N3O4/c1-3-27-18-8-4-14(5-9-18)20-22-21(28-23-20)15-12-19(25)24(13-15)16-6-10-17(26-2)11-7-16/h4-11,15H,3,12-13H2,1-2H3. The summed E-state index contributed by atoms with van der Waals surface area (Å²) in [6.45, 7) is 3.07. The third kappa shape index (κ3) is 3.55. The maximum absolute atomic E-state index is 12.5. The van der Waals surface area contributed by atoms with Gasteiger partial charge < -0.3 is 18.9 Å². The summed E-state index contributed by atoms with van der Waals surface area (Å²) in [5, 5.41) is 4.08. The highest BCUT2D eigenvalue weighted by Gasteiger charge is 2.35. The van der Waals surface area contributed by atoms with Crippen LogP contribution in [0.3, 0.4) is 0 Å². The number of hydrogen-bond acceptors (Lipinski definition) is 6. The highest BCUT2D eigenvalue weighted by Crippen LogP contribution is 2.32. The first kappa shape index (κ1) is 18.0. The van der Waals surface area contributed by atoms with E-state index in [-0.39, 0.29) is 11.8 Å². The van der Waals surface area contributed by atoms with Crippen molar-refractivity contribution in [2.75, 3.05) is 25.2 Å². The van der Waals surface area contributed by atoms with Gasteiger partial charge in [-0.2, -0.15) is 4.98 Å². The number of carbonyl (C=O) groups excluding carboxylic acids is 1. The van der Waals surface area contributed by atoms with Crippen LogP contribution in [0.4, 0.5) is 5.69 Å². The zero-order valence-corrected chi connectivity index (χ0v) is 15.8. The van der Waals surface area contributed by atoms with E-state index in [2.05, 4.69) is 10.1 Å². The van der Waals surface area contributed by atoms with Crippen LogP contribution < -0.4 is 14.4 Å². The van der Waals surface area contributed by atoms with Crippen LogP contribution in [0, 0.1) is 0 Å². The van der Waals surface area contributed by atoms with Crippen molar-refractivity contribution in [2.45, 2.75) is 19.3 Å². The quantitative estimate of drug-likeness (QED) is 0.650. The van der Waals surface area contributed by atoms with E-state index < -0.39 is 0 Å². The van der Waals surface area contributed by atoms with Gasteiger partial charge in [0.05, 0.1) is 19.6 Å². The topological polar surface area (TPSA) is 77.7 Å². The van der Waals surface area contributed by atoms with Gasteiger partial charge in [-0.15, -0.1) is 0 Å². The molecule has 1 fully saturated rings. The molecular weight excluding hydrogens is 358 g/mol. The Morgan fingerprint density at radius 2 is 1.82 bits per heavy atom. The summed E-state index contributed by atoms with van der Waals surface area (Å²) in [4.78, 5) is 18.7. The van der Waals surface area contributed by atoms with E-state index in [1.807, 2.05) is 55.5 Å². The van der Waals surface area contributed by atoms with Crippen molar-refractivity contribution in [3.8, 4) is 22.9 Å². The van der Waals surface area contributed by atoms with E-state index in [1.165, 1.54) is 0 Å². The lowest BCUT2D eigenvalue weighted by Gasteiger charge is -2.16. The predicted octanol–water partition coefficient (Wildman–Crippen LogP) is 3.66. The number of aromatic nitrogens is 2. The maximum Gasteiger partial charge on any atom is 0.232 e. The molecule has 1 aliphatic rings. The number of hydrogen-bond donors (Lipinski definition) is 0. The monoisotopic (exact) mass is 379 g/mol. The minimum atomic E-state index is -0.126. The Kier molecular flexibility index (Phi) is 4.97. The average molecular weight is 379 g/mol. The minimum absolute atomic E-state index is 0.0379. The molecule has 1 saturated heterocycles. The van der Waals surface area contributed by atoms with Crippen LogP contribution in [0.25, 0.3) is 11.4 Å². The molecule has 4 rings (SSSR count). The molecule has 144 valence electrons. The van der Waals surface area contributed by atoms with Gasteiger partial charge in [0, 0.05) is 24.2 Å². The van der Waals surface area contributed by atoms with E-state index >= 15 is 0 Å². The van der Waals surface area contributed by atoms with Crippen molar-refractivity contribution in [2.24, 2.45) is 0 Å². The van der Waals surface area contributed by atoms with Crippen LogP contribution in [-0.2, 0) is 4.79 Å². The van der Waals surface area contributed by atoms with Crippen LogP contribution in [0.1, 0.15) is 25.2 Å². The molecule has 1 aromatic heterocycles. The zero-order chi connectivity index (χ0) is 19.5. The van der Waals surface area contributed by atoms with Crippen LogP contribution in [0.5, 0.6) is 11.5 Å². The van der Waals surface area contributed by atoms with Gasteiger partial charge in [-0.1, -0.05) is 5.16 Å². The van der Waals surface area contributed by atoms with E-state index in [4.69, 9.17) is 14.0 Å². The molecule has 1 unspecified atom stereocenters. The summed E-state index contributed by atoms with van der Waals surface area (Å²) in [6, 6.07) is 15.0. The van der Waals surface area contributed by atoms with Crippen molar-refractivity contribution in [1.82, 2.24) is 10.1 Å². The van der Waals surface area contributed by atoms with Gasteiger partial charge in [0.1, 0.15) is 11.5 Å². The number of amides is 1. The average Bonchev–Trinajstić information content (AvgIpc) is 3.36. The second-order valence-corrected chi connectivity index (χ2v) is 6.52. The molecule has 0 N–H and O–H groups in total. The van der Waals surface area contributed by atoms with Gasteiger partial charge in [-0.25, -0.2) is 0 Å². The summed E-state index contributed by atoms with van der Waals surface area (Å²) < 4.78 is 16.1. The molecule has 0 saturated carbocycles. The predicted molar refractivity (Wildman–Crippen MR) is 104 cm³/mol. The first-order chi connectivity index (χ1) is 13.7. The number of nitrogens with zero attached hydrogens (tertiary/aromatic N) is 3. The summed E-state index contributed by atoms with van der Waals surface area (Å²) >= 11 is 0. The van der Waals surface area contributed by atoms with Crippen molar-refractivity contribution in [3.05, 3.63) is 54.4 Å². The molecule has 0 aliphatic carbocycles. The van der Waals surface area contributed by atoms with E-state index in [9.17, 15) is 4.79 Å². The van der Waals surface area contributed by atoms with Crippen molar-refractivity contribution in [1.29, 1.82) is 0 Å². The van der Waals surface area contributed by atoms with Gasteiger partial charge in [0.2, 0.25) is 17.6 Å². The molecule has 0 spiro atoms. The number of ether oxygens (including phenoxy) is 2. The molecule has 28 heavy (non-hydrogen) atoms. The fraction of sp³-hybridized carbons (Fsp3) is 0.286. The van der Waals surface area contributed by atoms with Gasteiger partial charge in [-0.3, -0.25) is 4.79 Å². The second-order valence-electron chi connectivity index (χ2n) is 6.52. The number of carbonyl (C=O) groups is 1. The molecule has 7 heteroatoms. The molecule has 1 atom stereocenters. The molecule has 0 bridgehead atoms. The maximum atomic E-state index is 12.5. The molecule has 1 aliphatic heterocycles. The molecule has 1 amide bonds. The molecule has 3 aromatic rings. The van der Waals surface area contributed by atoms with Gasteiger partial charge in [0.25, 0.3) is 0 Å². The second kappa shape index (κ2) is 7.72. The lowest BCUT2D eigenvalue weighted by Crippen LogP contribution is -2.24. The summed E-state index contributed by atoms with van der Waals surface area (Å²) in [5.41, 5.74) is 1.68. The number of benzene rings is 2. The van der Waals surface area contributed by atoms with Crippen LogP contribution >= 0.6 is 0 Å². The van der Waals surface area contributed by atoms with Gasteiger partial charge >= 0.3 is 0 Å².